The number of rotatable bonds is 4. The lowest BCUT2D eigenvalue weighted by Gasteiger charge is -2.14. The maximum Gasteiger partial charge on any atom is 0.126 e. The molecule has 2 aromatic rings. The molecule has 2 aromatic carbocycles. The Balaban J connectivity index is 1.58. The summed E-state index contributed by atoms with van der Waals surface area (Å²) in [6.45, 7) is 0.853. The number of halogens is 1. The Morgan fingerprint density at radius 3 is 2.75 bits per heavy atom. The molecule has 1 aliphatic carbocycles. The van der Waals surface area contributed by atoms with Gasteiger partial charge in [-0.1, -0.05) is 24.3 Å². The first-order valence-electron chi connectivity index (χ1n) is 7.02. The molecule has 0 spiro atoms. The van der Waals surface area contributed by atoms with Crippen molar-refractivity contribution >= 4 is 0 Å². The molecule has 0 bridgehead atoms. The third-order valence-corrected chi connectivity index (χ3v) is 3.95. The van der Waals surface area contributed by atoms with Gasteiger partial charge in [-0.2, -0.15) is 0 Å². The smallest absolute Gasteiger partial charge is 0.126 e. The van der Waals surface area contributed by atoms with E-state index in [4.69, 9.17) is 0 Å². The molecule has 1 unspecified atom stereocenters. The molecule has 0 aromatic heterocycles. The van der Waals surface area contributed by atoms with Crippen LogP contribution in [-0.2, 0) is 12.8 Å². The summed E-state index contributed by atoms with van der Waals surface area (Å²) in [5, 5.41) is 12.7. The Morgan fingerprint density at radius 2 is 1.95 bits per heavy atom. The fourth-order valence-corrected chi connectivity index (χ4v) is 2.88. The van der Waals surface area contributed by atoms with Gasteiger partial charge in [0.05, 0.1) is 0 Å². The van der Waals surface area contributed by atoms with Gasteiger partial charge in [-0.15, -0.1) is 0 Å². The summed E-state index contributed by atoms with van der Waals surface area (Å²) in [5.41, 5.74) is 3.16. The van der Waals surface area contributed by atoms with Crippen LogP contribution in [0.5, 0.6) is 5.75 Å². The molecule has 0 amide bonds. The van der Waals surface area contributed by atoms with Crippen molar-refractivity contribution in [3.63, 3.8) is 0 Å². The van der Waals surface area contributed by atoms with Crippen LogP contribution in [0.15, 0.2) is 42.5 Å². The van der Waals surface area contributed by atoms with Crippen LogP contribution in [0.1, 0.15) is 29.2 Å². The van der Waals surface area contributed by atoms with Gasteiger partial charge in [-0.25, -0.2) is 4.39 Å². The molecule has 0 radical (unpaired) electrons. The van der Waals surface area contributed by atoms with Crippen molar-refractivity contribution in [3.05, 3.63) is 65.0 Å². The van der Waals surface area contributed by atoms with Crippen molar-refractivity contribution in [3.8, 4) is 5.75 Å². The van der Waals surface area contributed by atoms with Crippen LogP contribution in [0.3, 0.4) is 0 Å². The molecule has 1 atom stereocenters. The Bertz CT molecular complexity index is 594. The van der Waals surface area contributed by atoms with E-state index in [0.717, 1.165) is 36.9 Å². The zero-order chi connectivity index (χ0) is 13.9. The molecule has 0 fully saturated rings. The van der Waals surface area contributed by atoms with E-state index in [1.165, 1.54) is 11.6 Å². The van der Waals surface area contributed by atoms with Crippen LogP contribution in [0, 0.1) is 5.82 Å². The molecule has 2 N–H and O–H groups in total. The Labute approximate surface area is 118 Å². The highest BCUT2D eigenvalue weighted by Crippen LogP contribution is 2.32. The lowest BCUT2D eigenvalue weighted by atomic mass is 10.1. The van der Waals surface area contributed by atoms with Gasteiger partial charge < -0.3 is 10.4 Å². The standard InChI is InChI=1S/C17H18FNO/c18-16-3-1-2-15-14(16)8-9-17(15)19-11-10-12-4-6-13(20)7-5-12/h1-7,17,19-20H,8-11H2. The van der Waals surface area contributed by atoms with E-state index in [1.54, 1.807) is 18.2 Å². The van der Waals surface area contributed by atoms with Gasteiger partial charge in [0.25, 0.3) is 0 Å². The van der Waals surface area contributed by atoms with Crippen molar-refractivity contribution in [1.29, 1.82) is 0 Å². The highest BCUT2D eigenvalue weighted by Gasteiger charge is 2.23. The maximum absolute atomic E-state index is 13.6. The first kappa shape index (κ1) is 13.1. The predicted octanol–water partition coefficient (Wildman–Crippen LogP) is 3.35. The highest BCUT2D eigenvalue weighted by molar-refractivity contribution is 5.35. The fourth-order valence-electron chi connectivity index (χ4n) is 2.88. The lowest BCUT2D eigenvalue weighted by Crippen LogP contribution is -2.21. The van der Waals surface area contributed by atoms with Crippen molar-refractivity contribution in [2.24, 2.45) is 0 Å². The van der Waals surface area contributed by atoms with Crippen LogP contribution in [0.4, 0.5) is 4.39 Å². The van der Waals surface area contributed by atoms with E-state index in [1.807, 2.05) is 18.2 Å². The average Bonchev–Trinajstić information content (AvgIpc) is 2.86. The van der Waals surface area contributed by atoms with E-state index in [9.17, 15) is 9.50 Å². The average molecular weight is 271 g/mol. The third-order valence-electron chi connectivity index (χ3n) is 3.95. The second kappa shape index (κ2) is 5.63. The van der Waals surface area contributed by atoms with E-state index in [-0.39, 0.29) is 11.9 Å². The highest BCUT2D eigenvalue weighted by atomic mass is 19.1. The van der Waals surface area contributed by atoms with Crippen molar-refractivity contribution in [2.45, 2.75) is 25.3 Å². The van der Waals surface area contributed by atoms with E-state index < -0.39 is 0 Å². The lowest BCUT2D eigenvalue weighted by molar-refractivity contribution is 0.475. The summed E-state index contributed by atoms with van der Waals surface area (Å²) in [5.74, 6) is 0.215. The minimum Gasteiger partial charge on any atom is -0.508 e. The largest absolute Gasteiger partial charge is 0.508 e. The summed E-state index contributed by atoms with van der Waals surface area (Å²) in [6, 6.07) is 12.9. The number of nitrogens with one attached hydrogen (secondary N) is 1. The molecule has 0 aliphatic heterocycles. The van der Waals surface area contributed by atoms with E-state index >= 15 is 0 Å². The number of aromatic hydroxyl groups is 1. The van der Waals surface area contributed by atoms with Crippen LogP contribution >= 0.6 is 0 Å². The number of hydrogen-bond donors (Lipinski definition) is 2. The zero-order valence-electron chi connectivity index (χ0n) is 11.3. The van der Waals surface area contributed by atoms with Gasteiger partial charge in [-0.3, -0.25) is 0 Å². The predicted molar refractivity (Wildman–Crippen MR) is 77.3 cm³/mol. The van der Waals surface area contributed by atoms with Gasteiger partial charge >= 0.3 is 0 Å². The molecule has 0 heterocycles. The van der Waals surface area contributed by atoms with Crippen molar-refractivity contribution in [2.75, 3.05) is 6.54 Å². The third kappa shape index (κ3) is 2.68. The molecule has 3 rings (SSSR count). The normalized spacial score (nSPS) is 17.1. The Hall–Kier alpha value is -1.87. The fraction of sp³-hybridized carbons (Fsp3) is 0.294. The maximum atomic E-state index is 13.6. The zero-order valence-corrected chi connectivity index (χ0v) is 11.3. The molecule has 0 saturated carbocycles. The van der Waals surface area contributed by atoms with Gasteiger partial charge in [0.1, 0.15) is 11.6 Å². The summed E-state index contributed by atoms with van der Waals surface area (Å²) >= 11 is 0. The topological polar surface area (TPSA) is 32.3 Å². The summed E-state index contributed by atoms with van der Waals surface area (Å²) in [6.07, 6.45) is 2.69. The second-order valence-electron chi connectivity index (χ2n) is 5.27. The van der Waals surface area contributed by atoms with Crippen molar-refractivity contribution < 1.29 is 9.50 Å². The number of phenols is 1. The molecule has 3 heteroatoms. The molecule has 1 aliphatic rings. The van der Waals surface area contributed by atoms with Crippen LogP contribution in [-0.4, -0.2) is 11.7 Å². The van der Waals surface area contributed by atoms with Crippen LogP contribution in [0.2, 0.25) is 0 Å². The number of fused-ring (bicyclic) bond motifs is 1. The molecule has 2 nitrogen and oxygen atoms in total. The van der Waals surface area contributed by atoms with Crippen LogP contribution in [0.25, 0.3) is 0 Å². The molecule has 104 valence electrons. The Kier molecular flexibility index (Phi) is 3.70. The first-order chi connectivity index (χ1) is 9.74. The minimum atomic E-state index is -0.0784. The molecular formula is C17H18FNO. The SMILES string of the molecule is Oc1ccc(CCNC2CCc3c(F)cccc32)cc1. The number of hydrogen-bond acceptors (Lipinski definition) is 2. The molecule has 0 saturated heterocycles. The van der Waals surface area contributed by atoms with Gasteiger partial charge in [0.2, 0.25) is 0 Å². The second-order valence-corrected chi connectivity index (χ2v) is 5.27. The summed E-state index contributed by atoms with van der Waals surface area (Å²) < 4.78 is 13.6. The molecular weight excluding hydrogens is 253 g/mol. The van der Waals surface area contributed by atoms with Crippen molar-refractivity contribution in [1.82, 2.24) is 5.32 Å². The first-order valence-corrected chi connectivity index (χ1v) is 7.02. The van der Waals surface area contributed by atoms with Gasteiger partial charge in [0.15, 0.2) is 0 Å². The monoisotopic (exact) mass is 271 g/mol. The summed E-state index contributed by atoms with van der Waals surface area (Å²) in [7, 11) is 0. The van der Waals surface area contributed by atoms with Crippen LogP contribution < -0.4 is 5.32 Å². The van der Waals surface area contributed by atoms with E-state index in [2.05, 4.69) is 5.32 Å². The molecule has 20 heavy (non-hydrogen) atoms. The Morgan fingerprint density at radius 1 is 1.15 bits per heavy atom. The van der Waals surface area contributed by atoms with Gasteiger partial charge in [-0.05, 0) is 60.7 Å². The van der Waals surface area contributed by atoms with Gasteiger partial charge in [0, 0.05) is 6.04 Å². The van der Waals surface area contributed by atoms with E-state index in [0.29, 0.717) is 5.75 Å². The minimum absolute atomic E-state index is 0.0784. The quantitative estimate of drug-likeness (QED) is 0.893. The summed E-state index contributed by atoms with van der Waals surface area (Å²) in [4.78, 5) is 0. The number of phenolic OH excluding ortho intramolecular Hbond substituents is 1. The number of benzene rings is 2.